The van der Waals surface area contributed by atoms with E-state index in [1.165, 1.54) is 13.1 Å². The summed E-state index contributed by atoms with van der Waals surface area (Å²) in [6.45, 7) is 0.367. The number of carbonyl (C=O) groups is 2. The van der Waals surface area contributed by atoms with Crippen molar-refractivity contribution < 1.29 is 32.6 Å². The van der Waals surface area contributed by atoms with Gasteiger partial charge in [-0.1, -0.05) is 42.5 Å². The van der Waals surface area contributed by atoms with Crippen LogP contribution in [0.15, 0.2) is 66.7 Å². The summed E-state index contributed by atoms with van der Waals surface area (Å²) in [5.41, 5.74) is 1.79. The average Bonchev–Trinajstić information content (AvgIpc) is 3.29. The number of fused-ring (bicyclic) bond motifs is 1. The molecule has 1 atom stereocenters. The monoisotopic (exact) mass is 534 g/mol. The SMILES string of the molecule is CNC(CC(=O)N1CCc2cc(OCc3ccc(-c4ccccc4)c(C(F)(F)F)c3)ccc21)C(=O)O.Cl. The summed E-state index contributed by atoms with van der Waals surface area (Å²) in [6, 6.07) is 16.8. The third kappa shape index (κ3) is 6.42. The van der Waals surface area contributed by atoms with Crippen molar-refractivity contribution in [3.05, 3.63) is 83.4 Å². The third-order valence-corrected chi connectivity index (χ3v) is 6.15. The number of ether oxygens (including phenoxy) is 1. The molecular weight excluding hydrogens is 509 g/mol. The minimum atomic E-state index is -4.52. The first-order valence-corrected chi connectivity index (χ1v) is 11.4. The first-order chi connectivity index (χ1) is 17.2. The molecule has 2 N–H and O–H groups in total. The molecule has 1 unspecified atom stereocenters. The molecule has 196 valence electrons. The highest BCUT2D eigenvalue weighted by Gasteiger charge is 2.34. The van der Waals surface area contributed by atoms with Crippen LogP contribution in [0.5, 0.6) is 5.75 Å². The van der Waals surface area contributed by atoms with E-state index in [4.69, 9.17) is 4.74 Å². The highest BCUT2D eigenvalue weighted by atomic mass is 35.5. The van der Waals surface area contributed by atoms with Gasteiger partial charge in [-0.25, -0.2) is 0 Å². The molecule has 10 heteroatoms. The topological polar surface area (TPSA) is 78.9 Å². The zero-order valence-electron chi connectivity index (χ0n) is 19.9. The molecule has 1 amide bonds. The Balaban J connectivity index is 0.00000380. The molecule has 0 saturated heterocycles. The van der Waals surface area contributed by atoms with Crippen molar-refractivity contribution in [2.45, 2.75) is 31.7 Å². The van der Waals surface area contributed by atoms with Crippen molar-refractivity contribution in [2.24, 2.45) is 0 Å². The number of nitrogens with one attached hydrogen (secondary N) is 1. The Morgan fingerprint density at radius 3 is 2.46 bits per heavy atom. The highest BCUT2D eigenvalue weighted by Crippen LogP contribution is 2.38. The number of anilines is 1. The number of amides is 1. The molecular formula is C27H26ClF3N2O4. The molecule has 6 nitrogen and oxygen atoms in total. The van der Waals surface area contributed by atoms with Gasteiger partial charge in [-0.05, 0) is 60.0 Å². The number of likely N-dealkylation sites (N-methyl/N-ethyl adjacent to an activating group) is 1. The molecule has 4 rings (SSSR count). The first-order valence-electron chi connectivity index (χ1n) is 11.4. The predicted octanol–water partition coefficient (Wildman–Crippen LogP) is 5.33. The van der Waals surface area contributed by atoms with Gasteiger partial charge in [-0.3, -0.25) is 9.59 Å². The summed E-state index contributed by atoms with van der Waals surface area (Å²) in [6.07, 6.45) is -4.12. The molecule has 0 aliphatic carbocycles. The van der Waals surface area contributed by atoms with Crippen LogP contribution in [0.3, 0.4) is 0 Å². The largest absolute Gasteiger partial charge is 0.489 e. The fraction of sp³-hybridized carbons (Fsp3) is 0.259. The van der Waals surface area contributed by atoms with Crippen LogP contribution in [0, 0.1) is 0 Å². The Bertz CT molecular complexity index is 1270. The van der Waals surface area contributed by atoms with E-state index in [2.05, 4.69) is 5.32 Å². The molecule has 3 aromatic carbocycles. The van der Waals surface area contributed by atoms with E-state index >= 15 is 0 Å². The van der Waals surface area contributed by atoms with E-state index in [0.717, 1.165) is 11.6 Å². The second-order valence-electron chi connectivity index (χ2n) is 8.50. The van der Waals surface area contributed by atoms with E-state index in [0.29, 0.717) is 35.5 Å². The van der Waals surface area contributed by atoms with Crippen molar-refractivity contribution in [1.82, 2.24) is 5.32 Å². The van der Waals surface area contributed by atoms with E-state index in [1.54, 1.807) is 59.5 Å². The highest BCUT2D eigenvalue weighted by molar-refractivity contribution is 5.98. The van der Waals surface area contributed by atoms with Crippen LogP contribution in [0.4, 0.5) is 18.9 Å². The molecule has 37 heavy (non-hydrogen) atoms. The number of alkyl halides is 3. The summed E-state index contributed by atoms with van der Waals surface area (Å²) in [5, 5.41) is 11.8. The van der Waals surface area contributed by atoms with Gasteiger partial charge in [-0.2, -0.15) is 13.2 Å². The number of halogens is 4. The lowest BCUT2D eigenvalue weighted by Gasteiger charge is -2.20. The number of hydrogen-bond acceptors (Lipinski definition) is 4. The normalized spacial score (nSPS) is 13.5. The molecule has 0 fully saturated rings. The van der Waals surface area contributed by atoms with Crippen LogP contribution in [0.1, 0.15) is 23.1 Å². The fourth-order valence-electron chi connectivity index (χ4n) is 4.28. The average molecular weight is 535 g/mol. The minimum absolute atomic E-state index is 0. The van der Waals surface area contributed by atoms with Crippen molar-refractivity contribution in [3.63, 3.8) is 0 Å². The summed E-state index contributed by atoms with van der Waals surface area (Å²) in [5.74, 6) is -0.927. The Morgan fingerprint density at radius 1 is 1.08 bits per heavy atom. The van der Waals surface area contributed by atoms with E-state index in [9.17, 15) is 27.9 Å². The van der Waals surface area contributed by atoms with Crippen molar-refractivity contribution in [3.8, 4) is 16.9 Å². The van der Waals surface area contributed by atoms with Gasteiger partial charge in [0.25, 0.3) is 0 Å². The fourth-order valence-corrected chi connectivity index (χ4v) is 4.28. The Kier molecular flexibility index (Phi) is 8.83. The number of aliphatic carboxylic acids is 1. The van der Waals surface area contributed by atoms with Crippen LogP contribution >= 0.6 is 12.4 Å². The Labute approximate surface area is 218 Å². The number of rotatable bonds is 8. The third-order valence-electron chi connectivity index (χ3n) is 6.15. The van der Waals surface area contributed by atoms with Crippen LogP contribution in [-0.4, -0.2) is 36.6 Å². The maximum atomic E-state index is 13.8. The summed E-state index contributed by atoms with van der Waals surface area (Å²) in [4.78, 5) is 25.4. The van der Waals surface area contributed by atoms with Crippen LogP contribution in [0.25, 0.3) is 11.1 Å². The lowest BCUT2D eigenvalue weighted by Crippen LogP contribution is -2.40. The van der Waals surface area contributed by atoms with Gasteiger partial charge in [0.2, 0.25) is 5.91 Å². The minimum Gasteiger partial charge on any atom is -0.489 e. The zero-order valence-corrected chi connectivity index (χ0v) is 20.7. The number of benzene rings is 3. The molecule has 0 spiro atoms. The first kappa shape index (κ1) is 28.0. The van der Waals surface area contributed by atoms with Gasteiger partial charge >= 0.3 is 12.1 Å². The number of carbonyl (C=O) groups excluding carboxylic acids is 1. The van der Waals surface area contributed by atoms with Crippen molar-refractivity contribution in [1.29, 1.82) is 0 Å². The molecule has 0 bridgehead atoms. The number of carboxylic acids is 1. The lowest BCUT2D eigenvalue weighted by atomic mass is 9.97. The molecule has 1 heterocycles. The van der Waals surface area contributed by atoms with Crippen LogP contribution < -0.4 is 15.0 Å². The summed E-state index contributed by atoms with van der Waals surface area (Å²) < 4.78 is 47.1. The van der Waals surface area contributed by atoms with Gasteiger partial charge < -0.3 is 20.1 Å². The lowest BCUT2D eigenvalue weighted by molar-refractivity contribution is -0.141. The molecule has 1 aliphatic rings. The standard InChI is InChI=1S/C27H25F3N2O4.ClH/c1-31-23(26(34)35)15-25(33)32-12-11-19-14-20(8-10-24(19)32)36-16-17-7-9-21(18-5-3-2-4-6-18)22(13-17)27(28,29)30;/h2-10,13-14,23,31H,11-12,15-16H2,1H3,(H,34,35);1H. The second kappa shape index (κ2) is 11.7. The van der Waals surface area contributed by atoms with E-state index in [1.807, 2.05) is 0 Å². The van der Waals surface area contributed by atoms with E-state index in [-0.39, 0.29) is 36.9 Å². The molecule has 0 radical (unpaired) electrons. The van der Waals surface area contributed by atoms with Gasteiger partial charge in [0.15, 0.2) is 0 Å². The Hall–Kier alpha value is -3.56. The second-order valence-corrected chi connectivity index (χ2v) is 8.50. The summed E-state index contributed by atoms with van der Waals surface area (Å²) >= 11 is 0. The van der Waals surface area contributed by atoms with Crippen LogP contribution in [-0.2, 0) is 28.8 Å². The Morgan fingerprint density at radius 2 is 1.81 bits per heavy atom. The zero-order chi connectivity index (χ0) is 25.9. The van der Waals surface area contributed by atoms with Crippen LogP contribution in [0.2, 0.25) is 0 Å². The molecule has 0 aromatic heterocycles. The van der Waals surface area contributed by atoms with Crippen molar-refractivity contribution in [2.75, 3.05) is 18.5 Å². The van der Waals surface area contributed by atoms with Gasteiger partial charge in [0, 0.05) is 12.2 Å². The summed E-state index contributed by atoms with van der Waals surface area (Å²) in [7, 11) is 1.49. The van der Waals surface area contributed by atoms with Gasteiger partial charge in [0.05, 0.1) is 12.0 Å². The quantitative estimate of drug-likeness (QED) is 0.409. The van der Waals surface area contributed by atoms with Gasteiger partial charge in [0.1, 0.15) is 18.4 Å². The number of carboxylic acid groups (broad SMARTS) is 1. The number of hydrogen-bond donors (Lipinski definition) is 2. The maximum absolute atomic E-state index is 13.8. The molecule has 0 saturated carbocycles. The van der Waals surface area contributed by atoms with Gasteiger partial charge in [-0.15, -0.1) is 12.4 Å². The number of nitrogens with zero attached hydrogens (tertiary/aromatic N) is 1. The molecule has 1 aliphatic heterocycles. The predicted molar refractivity (Wildman–Crippen MR) is 136 cm³/mol. The van der Waals surface area contributed by atoms with Crippen molar-refractivity contribution >= 4 is 30.0 Å². The maximum Gasteiger partial charge on any atom is 0.417 e. The van der Waals surface area contributed by atoms with E-state index < -0.39 is 23.8 Å². The molecule has 3 aromatic rings. The smallest absolute Gasteiger partial charge is 0.417 e.